The van der Waals surface area contributed by atoms with Gasteiger partial charge in [0.05, 0.1) is 23.4 Å². The second-order valence-corrected chi connectivity index (χ2v) is 9.62. The number of hydrogen-bond acceptors (Lipinski definition) is 4. The largest absolute Gasteiger partial charge is 0.593 e. The summed E-state index contributed by atoms with van der Waals surface area (Å²) in [4.78, 5) is 4.96. The molecule has 0 amide bonds. The van der Waals surface area contributed by atoms with Crippen LogP contribution in [0.1, 0.15) is 29.5 Å². The molecule has 0 bridgehead atoms. The van der Waals surface area contributed by atoms with E-state index >= 15 is 0 Å². The third-order valence-corrected chi connectivity index (χ3v) is 7.28. The van der Waals surface area contributed by atoms with E-state index in [0.717, 1.165) is 34.6 Å². The lowest BCUT2D eigenvalue weighted by atomic mass is 9.93. The zero-order chi connectivity index (χ0) is 23.4. The zero-order valence-corrected chi connectivity index (χ0v) is 17.1. The molecule has 12 heteroatoms. The van der Waals surface area contributed by atoms with Crippen molar-refractivity contribution in [2.45, 2.75) is 35.7 Å². The molecule has 1 fully saturated rings. The van der Waals surface area contributed by atoms with Crippen molar-refractivity contribution in [3.05, 3.63) is 65.2 Å². The highest BCUT2D eigenvalue weighted by Crippen LogP contribution is 2.40. The first kappa shape index (κ1) is 22.7. The first-order valence-corrected chi connectivity index (χ1v) is 10.8. The number of oxime groups is 1. The zero-order valence-electron chi connectivity index (χ0n) is 16.2. The molecule has 0 N–H and O–H groups in total. The van der Waals surface area contributed by atoms with Crippen LogP contribution in [-0.4, -0.2) is 33.3 Å². The Balaban J connectivity index is 1.51. The minimum absolute atomic E-state index is 0.0238. The molecule has 5 nitrogen and oxygen atoms in total. The minimum Gasteiger partial charge on any atom is -0.593 e. The van der Waals surface area contributed by atoms with Gasteiger partial charge in [0.15, 0.2) is 20.9 Å². The van der Waals surface area contributed by atoms with Crippen LogP contribution in [0.15, 0.2) is 58.6 Å². The van der Waals surface area contributed by atoms with Gasteiger partial charge in [0.1, 0.15) is 0 Å². The number of hydrogen-bond donors (Lipinski definition) is 0. The molecule has 2 aromatic carbocycles. The lowest BCUT2D eigenvalue weighted by molar-refractivity contribution is -0.138. The van der Waals surface area contributed by atoms with Crippen molar-refractivity contribution < 1.29 is 39.9 Å². The number of sulfonamides is 1. The van der Waals surface area contributed by atoms with Gasteiger partial charge in [0.2, 0.25) is 0 Å². The van der Waals surface area contributed by atoms with Crippen LogP contribution in [0.25, 0.3) is 0 Å². The first-order chi connectivity index (χ1) is 14.8. The molecule has 2 unspecified atom stereocenters. The Morgan fingerprint density at radius 3 is 2.28 bits per heavy atom. The molecule has 0 saturated carbocycles. The third kappa shape index (κ3) is 4.26. The smallest absolute Gasteiger partial charge is 0.416 e. The number of benzene rings is 2. The van der Waals surface area contributed by atoms with Crippen molar-refractivity contribution in [1.29, 1.82) is 0 Å². The van der Waals surface area contributed by atoms with Crippen LogP contribution >= 0.6 is 0 Å². The van der Waals surface area contributed by atoms with Gasteiger partial charge < -0.3 is 9.39 Å². The van der Waals surface area contributed by atoms with Crippen molar-refractivity contribution >= 4 is 16.1 Å². The molecule has 0 aromatic heterocycles. The van der Waals surface area contributed by atoms with E-state index in [1.165, 1.54) is 12.1 Å². The normalized spacial score (nSPS) is 23.8. The van der Waals surface area contributed by atoms with Gasteiger partial charge in [-0.1, -0.05) is 27.6 Å². The Morgan fingerprint density at radius 1 is 1.00 bits per heavy atom. The van der Waals surface area contributed by atoms with Crippen LogP contribution in [0.5, 0.6) is 0 Å². The van der Waals surface area contributed by atoms with Crippen LogP contribution < -0.4 is 0 Å². The Bertz CT molecular complexity index is 1120. The van der Waals surface area contributed by atoms with Crippen molar-refractivity contribution in [3.8, 4) is 0 Å². The van der Waals surface area contributed by atoms with Crippen molar-refractivity contribution in [2.24, 2.45) is 5.16 Å². The van der Waals surface area contributed by atoms with E-state index in [0.29, 0.717) is 6.07 Å². The second kappa shape index (κ2) is 7.56. The predicted octanol–water partition coefficient (Wildman–Crippen LogP) is 4.90. The van der Waals surface area contributed by atoms with E-state index in [-0.39, 0.29) is 37.2 Å². The Hall–Kier alpha value is -2.44. The maximum absolute atomic E-state index is 13.0. The molecule has 2 atom stereocenters. The van der Waals surface area contributed by atoms with Crippen LogP contribution in [-0.2, 0) is 31.8 Å². The SMILES string of the molecule is O=[S+]([O-])(c1cccc(C(F)(F)F)c1)N1CCC2(CC(c3cccc(C(F)(F)F)c3)=NO2)C1. The van der Waals surface area contributed by atoms with E-state index < -0.39 is 44.4 Å². The summed E-state index contributed by atoms with van der Waals surface area (Å²) < 4.78 is 105. The average Bonchev–Trinajstić information content (AvgIpc) is 3.34. The van der Waals surface area contributed by atoms with Gasteiger partial charge in [-0.15, -0.1) is 4.31 Å². The molecule has 2 aliphatic rings. The van der Waals surface area contributed by atoms with Crippen molar-refractivity contribution in [3.63, 3.8) is 0 Å². The molecule has 0 radical (unpaired) electrons. The maximum atomic E-state index is 13.0. The van der Waals surface area contributed by atoms with E-state index in [9.17, 15) is 35.1 Å². The molecule has 2 aromatic rings. The van der Waals surface area contributed by atoms with Gasteiger partial charge in [-0.2, -0.15) is 26.3 Å². The van der Waals surface area contributed by atoms with Gasteiger partial charge in [-0.25, -0.2) is 0 Å². The average molecular weight is 478 g/mol. The quantitative estimate of drug-likeness (QED) is 0.466. The Kier molecular flexibility index (Phi) is 5.37. The summed E-state index contributed by atoms with van der Waals surface area (Å²) in [7, 11) is -4.24. The fourth-order valence-corrected chi connectivity index (χ4v) is 5.33. The van der Waals surface area contributed by atoms with Gasteiger partial charge in [-0.05, 0) is 24.3 Å². The molecule has 32 heavy (non-hydrogen) atoms. The summed E-state index contributed by atoms with van der Waals surface area (Å²) in [5, 5.41) is 3.88. The lowest BCUT2D eigenvalue weighted by Gasteiger charge is -2.25. The van der Waals surface area contributed by atoms with E-state index in [2.05, 4.69) is 5.16 Å². The summed E-state index contributed by atoms with van der Waals surface area (Å²) in [6.07, 6.45) is -8.96. The topological polar surface area (TPSA) is 65.0 Å². The predicted molar refractivity (Wildman–Crippen MR) is 101 cm³/mol. The summed E-state index contributed by atoms with van der Waals surface area (Å²) in [5.41, 5.74) is -2.57. The molecule has 0 aliphatic carbocycles. The van der Waals surface area contributed by atoms with E-state index in [1.807, 2.05) is 0 Å². The molecule has 1 saturated heterocycles. The van der Waals surface area contributed by atoms with E-state index in [1.54, 1.807) is 0 Å². The molecular formula is C20H16F6N2O3S. The van der Waals surface area contributed by atoms with Gasteiger partial charge in [0, 0.05) is 31.0 Å². The summed E-state index contributed by atoms with van der Waals surface area (Å²) >= 11 is 0. The minimum atomic E-state index is -4.69. The monoisotopic (exact) mass is 478 g/mol. The fraction of sp³-hybridized carbons (Fsp3) is 0.350. The molecule has 2 heterocycles. The van der Waals surface area contributed by atoms with Crippen molar-refractivity contribution in [1.82, 2.24) is 4.31 Å². The molecular weight excluding hydrogens is 462 g/mol. The van der Waals surface area contributed by atoms with Crippen molar-refractivity contribution in [2.75, 3.05) is 13.1 Å². The fourth-order valence-electron chi connectivity index (χ4n) is 3.77. The first-order valence-electron chi connectivity index (χ1n) is 9.40. The maximum Gasteiger partial charge on any atom is 0.416 e. The summed E-state index contributed by atoms with van der Waals surface area (Å²) in [6.45, 7) is -0.207. The molecule has 172 valence electrons. The standard InChI is InChI=1S/C20H16F6N2O3S/c21-19(22,23)14-4-1-3-13(9-14)17-11-18(31-27-17)7-8-28(12-18)32(29,30)16-6-2-5-15(10-16)20(24,25)26/h1-6,9-10H,7-8,11-12H2. The van der Waals surface area contributed by atoms with Crippen LogP contribution in [0.4, 0.5) is 26.3 Å². The van der Waals surface area contributed by atoms with Crippen LogP contribution in [0.2, 0.25) is 0 Å². The summed E-state index contributed by atoms with van der Waals surface area (Å²) in [5.74, 6) is 0. The number of nitrogens with zero attached hydrogens (tertiary/aromatic N) is 2. The second-order valence-electron chi connectivity index (χ2n) is 7.68. The summed E-state index contributed by atoms with van der Waals surface area (Å²) in [6, 6.07) is 7.99. The van der Waals surface area contributed by atoms with Gasteiger partial charge >= 0.3 is 12.4 Å². The molecule has 4 rings (SSSR count). The van der Waals surface area contributed by atoms with Crippen LogP contribution in [0, 0.1) is 0 Å². The Labute approximate surface area is 180 Å². The van der Waals surface area contributed by atoms with Crippen LogP contribution in [0.3, 0.4) is 0 Å². The van der Waals surface area contributed by atoms with Gasteiger partial charge in [0.25, 0.3) is 0 Å². The highest BCUT2D eigenvalue weighted by Gasteiger charge is 2.51. The number of alkyl halides is 6. The lowest BCUT2D eigenvalue weighted by Crippen LogP contribution is -2.39. The highest BCUT2D eigenvalue weighted by atomic mass is 32.3. The molecule has 1 spiro atoms. The van der Waals surface area contributed by atoms with E-state index in [4.69, 9.17) is 4.84 Å². The van der Waals surface area contributed by atoms with Gasteiger partial charge in [-0.3, -0.25) is 0 Å². The Morgan fingerprint density at radius 2 is 1.62 bits per heavy atom. The highest BCUT2D eigenvalue weighted by molar-refractivity contribution is 7.95. The third-order valence-electron chi connectivity index (χ3n) is 5.44. The number of halogens is 6. The molecule has 2 aliphatic heterocycles. The number of rotatable bonds is 3.